The van der Waals surface area contributed by atoms with Crippen LogP contribution in [0.2, 0.25) is 5.02 Å². The van der Waals surface area contributed by atoms with Crippen LogP contribution in [0.25, 0.3) is 0 Å². The monoisotopic (exact) mass is 374 g/mol. The molecule has 0 unspecified atom stereocenters. The Hall–Kier alpha value is -1.64. The number of piperidine rings is 1. The summed E-state index contributed by atoms with van der Waals surface area (Å²) in [4.78, 5) is 23.2. The van der Waals surface area contributed by atoms with Crippen LogP contribution in [-0.4, -0.2) is 48.5 Å². The van der Waals surface area contributed by atoms with Gasteiger partial charge in [-0.3, -0.25) is 4.79 Å². The van der Waals surface area contributed by atoms with E-state index >= 15 is 0 Å². The Labute approximate surface area is 145 Å². The Morgan fingerprint density at radius 2 is 1.96 bits per heavy atom. The molecular formula is C15H19ClN2O5S. The van der Waals surface area contributed by atoms with Gasteiger partial charge in [0.05, 0.1) is 16.3 Å². The van der Waals surface area contributed by atoms with Crippen LogP contribution in [0, 0.1) is 5.92 Å². The third-order valence-electron chi connectivity index (χ3n) is 4.05. The van der Waals surface area contributed by atoms with Gasteiger partial charge < -0.3 is 10.4 Å². The summed E-state index contributed by atoms with van der Waals surface area (Å²) in [5.41, 5.74) is 0.381. The Balaban J connectivity index is 1.97. The Morgan fingerprint density at radius 3 is 2.46 bits per heavy atom. The van der Waals surface area contributed by atoms with E-state index < -0.39 is 16.0 Å². The molecule has 0 aliphatic carbocycles. The maximum absolute atomic E-state index is 12.3. The first-order chi connectivity index (χ1) is 11.2. The van der Waals surface area contributed by atoms with Crippen molar-refractivity contribution in [1.82, 2.24) is 4.31 Å². The number of carbonyl (C=O) groups is 2. The predicted molar refractivity (Wildman–Crippen MR) is 90.8 cm³/mol. The standard InChI is InChI=1S/C15H19ClN2O5S/c1-2-24(22,23)18-7-5-10(6-8-18)14(19)17-11-3-4-12(15(20)21)13(16)9-11/h3-4,9-10H,2,5-8H2,1H3,(H,17,19)(H,20,21). The number of nitrogens with zero attached hydrogens (tertiary/aromatic N) is 1. The SMILES string of the molecule is CCS(=O)(=O)N1CCC(C(=O)Nc2ccc(C(=O)O)c(Cl)c2)CC1. The average molecular weight is 375 g/mol. The summed E-state index contributed by atoms with van der Waals surface area (Å²) in [5, 5.41) is 11.7. The molecular weight excluding hydrogens is 356 g/mol. The molecule has 7 nitrogen and oxygen atoms in total. The maximum atomic E-state index is 12.3. The fourth-order valence-electron chi connectivity index (χ4n) is 2.59. The van der Waals surface area contributed by atoms with Gasteiger partial charge in [-0.05, 0) is 38.0 Å². The number of hydrogen-bond acceptors (Lipinski definition) is 4. The highest BCUT2D eigenvalue weighted by molar-refractivity contribution is 7.89. The van der Waals surface area contributed by atoms with E-state index in [1.807, 2.05) is 0 Å². The number of carbonyl (C=O) groups excluding carboxylic acids is 1. The van der Waals surface area contributed by atoms with Gasteiger partial charge in [0.1, 0.15) is 0 Å². The zero-order chi connectivity index (χ0) is 17.9. The number of hydrogen-bond donors (Lipinski definition) is 2. The van der Waals surface area contributed by atoms with Gasteiger partial charge >= 0.3 is 5.97 Å². The smallest absolute Gasteiger partial charge is 0.337 e. The molecule has 0 saturated carbocycles. The van der Waals surface area contributed by atoms with Crippen molar-refractivity contribution >= 4 is 39.2 Å². The van der Waals surface area contributed by atoms with Gasteiger partial charge in [-0.2, -0.15) is 0 Å². The summed E-state index contributed by atoms with van der Waals surface area (Å²) in [6.45, 7) is 2.25. The number of rotatable bonds is 5. The van der Waals surface area contributed by atoms with Crippen LogP contribution in [0.1, 0.15) is 30.1 Å². The van der Waals surface area contributed by atoms with Gasteiger partial charge in [0.25, 0.3) is 0 Å². The summed E-state index contributed by atoms with van der Waals surface area (Å²) in [6.07, 6.45) is 0.901. The lowest BCUT2D eigenvalue weighted by Crippen LogP contribution is -2.42. The number of amides is 1. The quantitative estimate of drug-likeness (QED) is 0.820. The van der Waals surface area contributed by atoms with Crippen LogP contribution < -0.4 is 5.32 Å². The lowest BCUT2D eigenvalue weighted by molar-refractivity contribution is -0.120. The summed E-state index contributed by atoms with van der Waals surface area (Å²) >= 11 is 5.87. The molecule has 0 radical (unpaired) electrons. The number of anilines is 1. The molecule has 0 aromatic heterocycles. The van der Waals surface area contributed by atoms with Crippen LogP contribution in [0.3, 0.4) is 0 Å². The second-order valence-electron chi connectivity index (χ2n) is 5.56. The molecule has 2 rings (SSSR count). The number of benzene rings is 1. The van der Waals surface area contributed by atoms with E-state index in [-0.39, 0.29) is 28.2 Å². The van der Waals surface area contributed by atoms with Crippen LogP contribution >= 0.6 is 11.6 Å². The predicted octanol–water partition coefficient (Wildman–Crippen LogP) is 2.04. The number of sulfonamides is 1. The number of aromatic carboxylic acids is 1. The molecule has 0 spiro atoms. The van der Waals surface area contributed by atoms with E-state index in [0.29, 0.717) is 31.6 Å². The first-order valence-corrected chi connectivity index (χ1v) is 9.55. The Morgan fingerprint density at radius 1 is 1.33 bits per heavy atom. The maximum Gasteiger partial charge on any atom is 0.337 e. The molecule has 0 atom stereocenters. The summed E-state index contributed by atoms with van der Waals surface area (Å²) in [7, 11) is -3.22. The van der Waals surface area contributed by atoms with E-state index in [9.17, 15) is 18.0 Å². The minimum Gasteiger partial charge on any atom is -0.478 e. The van der Waals surface area contributed by atoms with Crippen molar-refractivity contribution in [2.75, 3.05) is 24.2 Å². The number of halogens is 1. The fourth-order valence-corrected chi connectivity index (χ4v) is 3.98. The highest BCUT2D eigenvalue weighted by atomic mass is 35.5. The molecule has 2 N–H and O–H groups in total. The summed E-state index contributed by atoms with van der Waals surface area (Å²) < 4.78 is 25.0. The van der Waals surface area contributed by atoms with Crippen molar-refractivity contribution in [3.8, 4) is 0 Å². The largest absolute Gasteiger partial charge is 0.478 e. The topological polar surface area (TPSA) is 104 Å². The van der Waals surface area contributed by atoms with Crippen LogP contribution in [-0.2, 0) is 14.8 Å². The Bertz CT molecular complexity index is 742. The van der Waals surface area contributed by atoms with E-state index in [2.05, 4.69) is 5.32 Å². The van der Waals surface area contributed by atoms with Gasteiger partial charge in [0.2, 0.25) is 15.9 Å². The molecule has 1 aliphatic heterocycles. The van der Waals surface area contributed by atoms with Crippen molar-refractivity contribution in [2.24, 2.45) is 5.92 Å². The molecule has 1 heterocycles. The van der Waals surface area contributed by atoms with Crippen molar-refractivity contribution in [3.63, 3.8) is 0 Å². The van der Waals surface area contributed by atoms with Crippen LogP contribution in [0.4, 0.5) is 5.69 Å². The number of carboxylic acid groups (broad SMARTS) is 1. The number of carboxylic acids is 1. The molecule has 1 aliphatic rings. The fraction of sp³-hybridized carbons (Fsp3) is 0.467. The average Bonchev–Trinajstić information content (AvgIpc) is 2.54. The normalized spacial score (nSPS) is 16.8. The second kappa shape index (κ2) is 7.50. The van der Waals surface area contributed by atoms with Crippen molar-refractivity contribution in [3.05, 3.63) is 28.8 Å². The van der Waals surface area contributed by atoms with E-state index in [1.54, 1.807) is 6.92 Å². The minimum atomic E-state index is -3.22. The minimum absolute atomic E-state index is 0.0345. The van der Waals surface area contributed by atoms with Gasteiger partial charge in [0, 0.05) is 24.7 Å². The number of nitrogens with one attached hydrogen (secondary N) is 1. The summed E-state index contributed by atoms with van der Waals surface area (Å²) in [6, 6.07) is 4.19. The van der Waals surface area contributed by atoms with Crippen LogP contribution in [0.5, 0.6) is 0 Å². The first-order valence-electron chi connectivity index (χ1n) is 7.56. The summed E-state index contributed by atoms with van der Waals surface area (Å²) in [5.74, 6) is -1.59. The van der Waals surface area contributed by atoms with Crippen molar-refractivity contribution in [2.45, 2.75) is 19.8 Å². The van der Waals surface area contributed by atoms with Crippen LogP contribution in [0.15, 0.2) is 18.2 Å². The lowest BCUT2D eigenvalue weighted by Gasteiger charge is -2.30. The molecule has 132 valence electrons. The molecule has 9 heteroatoms. The molecule has 1 amide bonds. The molecule has 1 aromatic carbocycles. The highest BCUT2D eigenvalue weighted by Gasteiger charge is 2.30. The lowest BCUT2D eigenvalue weighted by atomic mass is 9.97. The highest BCUT2D eigenvalue weighted by Crippen LogP contribution is 2.24. The molecule has 24 heavy (non-hydrogen) atoms. The van der Waals surface area contributed by atoms with Crippen molar-refractivity contribution in [1.29, 1.82) is 0 Å². The second-order valence-corrected chi connectivity index (χ2v) is 8.23. The van der Waals surface area contributed by atoms with E-state index in [4.69, 9.17) is 16.7 Å². The zero-order valence-electron chi connectivity index (χ0n) is 13.2. The molecule has 0 bridgehead atoms. The first kappa shape index (κ1) is 18.7. The molecule has 1 saturated heterocycles. The van der Waals surface area contributed by atoms with E-state index in [1.165, 1.54) is 22.5 Å². The van der Waals surface area contributed by atoms with Gasteiger partial charge in [-0.25, -0.2) is 17.5 Å². The molecule has 1 aromatic rings. The Kier molecular flexibility index (Phi) is 5.84. The van der Waals surface area contributed by atoms with Gasteiger partial charge in [-0.1, -0.05) is 11.6 Å². The van der Waals surface area contributed by atoms with Gasteiger partial charge in [0.15, 0.2) is 0 Å². The van der Waals surface area contributed by atoms with Gasteiger partial charge in [-0.15, -0.1) is 0 Å². The third kappa shape index (κ3) is 4.25. The van der Waals surface area contributed by atoms with Crippen molar-refractivity contribution < 1.29 is 23.1 Å². The third-order valence-corrected chi connectivity index (χ3v) is 6.24. The molecule has 1 fully saturated rings. The zero-order valence-corrected chi connectivity index (χ0v) is 14.7. The van der Waals surface area contributed by atoms with E-state index in [0.717, 1.165) is 0 Å².